The van der Waals surface area contributed by atoms with E-state index in [1.807, 2.05) is 90.7 Å². The van der Waals surface area contributed by atoms with Crippen molar-refractivity contribution in [2.45, 2.75) is 44.8 Å². The predicted molar refractivity (Wildman–Crippen MR) is 160 cm³/mol. The minimum Gasteiger partial charge on any atom is -0.478 e. The number of benzene rings is 3. The summed E-state index contributed by atoms with van der Waals surface area (Å²) in [6, 6.07) is 25.5. The normalized spacial score (nSPS) is 16.6. The Bertz CT molecular complexity index is 1750. The maximum Gasteiger partial charge on any atom is 0.344 e. The fourth-order valence-electron chi connectivity index (χ4n) is 5.68. The van der Waals surface area contributed by atoms with Crippen molar-refractivity contribution in [2.75, 3.05) is 11.4 Å². The summed E-state index contributed by atoms with van der Waals surface area (Å²) in [5.41, 5.74) is 3.96. The van der Waals surface area contributed by atoms with Crippen LogP contribution in [0.4, 0.5) is 5.69 Å². The Labute approximate surface area is 243 Å². The van der Waals surface area contributed by atoms with E-state index in [4.69, 9.17) is 0 Å². The number of aromatic nitrogens is 5. The first-order valence-electron chi connectivity index (χ1n) is 14.1. The Morgan fingerprint density at radius 3 is 2.55 bits per heavy atom. The molecule has 1 aliphatic rings. The SMILES string of the molecule is CCCC(=O)n1nnnc1-c1ccccc1-c1ccc(CNC2(C(=O)O)CCCN2c2cnc3ccccc3c2)cc1. The highest BCUT2D eigenvalue weighted by molar-refractivity contribution is 5.88. The zero-order chi connectivity index (χ0) is 29.1. The molecule has 1 unspecified atom stereocenters. The van der Waals surface area contributed by atoms with Crippen LogP contribution in [0.5, 0.6) is 0 Å². The molecule has 3 aromatic carbocycles. The smallest absolute Gasteiger partial charge is 0.344 e. The lowest BCUT2D eigenvalue weighted by Gasteiger charge is -2.37. The Morgan fingerprint density at radius 2 is 1.76 bits per heavy atom. The molecular weight excluding hydrogens is 530 g/mol. The molecule has 1 saturated heterocycles. The van der Waals surface area contributed by atoms with Gasteiger partial charge in [-0.05, 0) is 58.5 Å². The Hall–Kier alpha value is -4.96. The van der Waals surface area contributed by atoms with Gasteiger partial charge >= 0.3 is 5.97 Å². The molecule has 0 aliphatic carbocycles. The van der Waals surface area contributed by atoms with Crippen molar-refractivity contribution in [3.63, 3.8) is 0 Å². The third-order valence-corrected chi connectivity index (χ3v) is 7.81. The quantitative estimate of drug-likeness (QED) is 0.235. The molecule has 6 rings (SSSR count). The van der Waals surface area contributed by atoms with Crippen LogP contribution in [0.2, 0.25) is 0 Å². The topological polar surface area (TPSA) is 126 Å². The van der Waals surface area contributed by atoms with Gasteiger partial charge in [-0.15, -0.1) is 5.10 Å². The molecule has 3 heterocycles. The van der Waals surface area contributed by atoms with Gasteiger partial charge in [-0.2, -0.15) is 4.68 Å². The maximum absolute atomic E-state index is 12.7. The number of nitrogens with one attached hydrogen (secondary N) is 1. The second-order valence-corrected chi connectivity index (χ2v) is 10.5. The van der Waals surface area contributed by atoms with E-state index in [-0.39, 0.29) is 5.91 Å². The van der Waals surface area contributed by atoms with Gasteiger partial charge in [0.25, 0.3) is 0 Å². The minimum absolute atomic E-state index is 0.151. The molecule has 2 N–H and O–H groups in total. The summed E-state index contributed by atoms with van der Waals surface area (Å²) in [6.45, 7) is 2.93. The molecule has 1 aliphatic heterocycles. The van der Waals surface area contributed by atoms with E-state index in [2.05, 4.69) is 25.8 Å². The number of aliphatic carboxylic acids is 1. The molecule has 0 saturated carbocycles. The monoisotopic (exact) mass is 561 g/mol. The van der Waals surface area contributed by atoms with Crippen molar-refractivity contribution in [2.24, 2.45) is 0 Å². The van der Waals surface area contributed by atoms with E-state index in [1.165, 1.54) is 4.68 Å². The molecule has 0 spiro atoms. The minimum atomic E-state index is -1.24. The molecule has 10 nitrogen and oxygen atoms in total. The number of hydrogen-bond acceptors (Lipinski definition) is 8. The zero-order valence-electron chi connectivity index (χ0n) is 23.3. The van der Waals surface area contributed by atoms with E-state index < -0.39 is 11.6 Å². The zero-order valence-corrected chi connectivity index (χ0v) is 23.3. The standard InChI is InChI=1S/C32H31N7O3/c1-2-8-29(40)39-30(35-36-37-39)27-11-5-4-10-26(27)23-15-13-22(14-16-23)20-34-32(31(41)42)17-7-18-38(32)25-19-24-9-3-6-12-28(24)33-21-25/h3-6,9-16,19,21,34H,2,7-8,17-18,20H2,1H3,(H,41,42). The van der Waals surface area contributed by atoms with Crippen LogP contribution < -0.4 is 10.2 Å². The number of tetrazole rings is 1. The highest BCUT2D eigenvalue weighted by atomic mass is 16.4. The van der Waals surface area contributed by atoms with Gasteiger partial charge < -0.3 is 10.0 Å². The van der Waals surface area contributed by atoms with Gasteiger partial charge in [0.2, 0.25) is 5.91 Å². The van der Waals surface area contributed by atoms with Gasteiger partial charge in [-0.3, -0.25) is 15.1 Å². The number of carbonyl (C=O) groups is 2. The van der Waals surface area contributed by atoms with Gasteiger partial charge in [0.1, 0.15) is 0 Å². The summed E-state index contributed by atoms with van der Waals surface area (Å²) < 4.78 is 1.27. The summed E-state index contributed by atoms with van der Waals surface area (Å²) in [5, 5.41) is 26.6. The number of carboxylic acids is 1. The van der Waals surface area contributed by atoms with Crippen molar-refractivity contribution >= 4 is 28.5 Å². The number of carboxylic acid groups (broad SMARTS) is 1. The van der Waals surface area contributed by atoms with Crippen LogP contribution >= 0.6 is 0 Å². The van der Waals surface area contributed by atoms with Crippen LogP contribution in [0.3, 0.4) is 0 Å². The van der Waals surface area contributed by atoms with Crippen molar-refractivity contribution in [3.05, 3.63) is 90.6 Å². The molecule has 10 heteroatoms. The number of fused-ring (bicyclic) bond motifs is 1. The van der Waals surface area contributed by atoms with Gasteiger partial charge in [0.05, 0.1) is 17.4 Å². The molecule has 1 atom stereocenters. The lowest BCUT2D eigenvalue weighted by atomic mass is 9.98. The van der Waals surface area contributed by atoms with Gasteiger partial charge in [-0.25, -0.2) is 4.79 Å². The van der Waals surface area contributed by atoms with Gasteiger partial charge in [-0.1, -0.05) is 73.7 Å². The van der Waals surface area contributed by atoms with Crippen LogP contribution in [-0.2, 0) is 11.3 Å². The van der Waals surface area contributed by atoms with Crippen molar-refractivity contribution < 1.29 is 14.7 Å². The summed E-state index contributed by atoms with van der Waals surface area (Å²) in [4.78, 5) is 31.8. The lowest BCUT2D eigenvalue weighted by Crippen LogP contribution is -2.61. The second kappa shape index (κ2) is 11.5. The first-order chi connectivity index (χ1) is 20.5. The van der Waals surface area contributed by atoms with Crippen molar-refractivity contribution in [1.29, 1.82) is 0 Å². The third-order valence-electron chi connectivity index (χ3n) is 7.81. The highest BCUT2D eigenvalue weighted by Crippen LogP contribution is 2.35. The van der Waals surface area contributed by atoms with Crippen LogP contribution in [0.1, 0.15) is 43.0 Å². The summed E-state index contributed by atoms with van der Waals surface area (Å²) in [6.07, 6.45) is 4.05. The fraction of sp³-hybridized carbons (Fsp3) is 0.250. The molecule has 5 aromatic rings. The van der Waals surface area contributed by atoms with Crippen LogP contribution in [0.15, 0.2) is 85.1 Å². The number of hydrogen-bond donors (Lipinski definition) is 2. The Balaban J connectivity index is 1.24. The van der Waals surface area contributed by atoms with Gasteiger partial charge in [0.15, 0.2) is 11.5 Å². The number of anilines is 1. The Kier molecular flexibility index (Phi) is 7.45. The lowest BCUT2D eigenvalue weighted by molar-refractivity contribution is -0.144. The van der Waals surface area contributed by atoms with E-state index in [0.717, 1.165) is 45.3 Å². The van der Waals surface area contributed by atoms with Crippen LogP contribution in [-0.4, -0.2) is 54.4 Å². The highest BCUT2D eigenvalue weighted by Gasteiger charge is 2.47. The fourth-order valence-corrected chi connectivity index (χ4v) is 5.68. The van der Waals surface area contributed by atoms with E-state index in [0.29, 0.717) is 38.2 Å². The average Bonchev–Trinajstić information content (AvgIpc) is 3.69. The van der Waals surface area contributed by atoms with Crippen LogP contribution in [0, 0.1) is 0 Å². The molecule has 212 valence electrons. The number of nitrogens with zero attached hydrogens (tertiary/aromatic N) is 6. The number of para-hydroxylation sites is 1. The first-order valence-corrected chi connectivity index (χ1v) is 14.1. The number of carbonyl (C=O) groups excluding carboxylic acids is 1. The summed E-state index contributed by atoms with van der Waals surface area (Å²) in [7, 11) is 0. The molecule has 0 bridgehead atoms. The van der Waals surface area contributed by atoms with Crippen molar-refractivity contribution in [3.8, 4) is 22.5 Å². The summed E-state index contributed by atoms with van der Waals surface area (Å²) >= 11 is 0. The molecule has 2 aromatic heterocycles. The predicted octanol–water partition coefficient (Wildman–Crippen LogP) is 5.17. The number of pyridine rings is 1. The largest absolute Gasteiger partial charge is 0.478 e. The molecule has 0 radical (unpaired) electrons. The molecule has 1 fully saturated rings. The third kappa shape index (κ3) is 5.01. The molecular formula is C32H31N7O3. The Morgan fingerprint density at radius 1 is 1.00 bits per heavy atom. The molecule has 0 amide bonds. The van der Waals surface area contributed by atoms with E-state index >= 15 is 0 Å². The summed E-state index contributed by atoms with van der Waals surface area (Å²) in [5.74, 6) is -0.654. The van der Waals surface area contributed by atoms with E-state index in [1.54, 1.807) is 6.20 Å². The second-order valence-electron chi connectivity index (χ2n) is 10.5. The van der Waals surface area contributed by atoms with Gasteiger partial charge in [0, 0.05) is 30.5 Å². The first kappa shape index (κ1) is 27.2. The van der Waals surface area contributed by atoms with Crippen molar-refractivity contribution in [1.82, 2.24) is 30.5 Å². The maximum atomic E-state index is 12.7. The van der Waals surface area contributed by atoms with Crippen LogP contribution in [0.25, 0.3) is 33.4 Å². The average molecular weight is 562 g/mol. The van der Waals surface area contributed by atoms with E-state index in [9.17, 15) is 14.7 Å². The number of rotatable bonds is 9. The molecule has 42 heavy (non-hydrogen) atoms.